The maximum absolute atomic E-state index is 12.6. The van der Waals surface area contributed by atoms with Gasteiger partial charge in [-0.05, 0) is 17.7 Å². The van der Waals surface area contributed by atoms with Gasteiger partial charge in [0.2, 0.25) is 0 Å². The van der Waals surface area contributed by atoms with Crippen LogP contribution < -0.4 is 4.74 Å². The third kappa shape index (κ3) is 3.24. The number of amides is 1. The smallest absolute Gasteiger partial charge is 0.295 e. The summed E-state index contributed by atoms with van der Waals surface area (Å²) in [6.07, 6.45) is 0. The number of ether oxygens (including phenoxy) is 1. The molecule has 0 radical (unpaired) electrons. The number of Topliss-reactive ketones (excluding diaryl/α,β-unsaturated/α-hetero) is 1. The average Bonchev–Trinajstić information content (AvgIpc) is 2.94. The molecule has 1 heterocycles. The van der Waals surface area contributed by atoms with E-state index in [-0.39, 0.29) is 36.0 Å². The molecule has 1 aliphatic rings. The zero-order chi connectivity index (χ0) is 19.6. The van der Waals surface area contributed by atoms with Crippen molar-refractivity contribution >= 4 is 17.4 Å². The van der Waals surface area contributed by atoms with Gasteiger partial charge in [0.15, 0.2) is 11.5 Å². The number of hydrogen-bond donors (Lipinski definition) is 3. The number of aliphatic hydroxyl groups excluding tert-OH is 2. The van der Waals surface area contributed by atoms with Crippen molar-refractivity contribution in [3.05, 3.63) is 65.2 Å². The number of methoxy groups -OCH3 is 1. The number of carbonyl (C=O) groups excluding carboxylic acids is 2. The lowest BCUT2D eigenvalue weighted by Gasteiger charge is -2.25. The third-order valence-corrected chi connectivity index (χ3v) is 4.45. The Morgan fingerprint density at radius 2 is 1.85 bits per heavy atom. The van der Waals surface area contributed by atoms with E-state index in [9.17, 15) is 24.9 Å². The molecule has 0 aromatic heterocycles. The minimum absolute atomic E-state index is 0.0765. The van der Waals surface area contributed by atoms with Crippen molar-refractivity contribution in [1.82, 2.24) is 4.90 Å². The predicted molar refractivity (Wildman–Crippen MR) is 97.2 cm³/mol. The second-order valence-electron chi connectivity index (χ2n) is 6.01. The highest BCUT2D eigenvalue weighted by molar-refractivity contribution is 6.46. The van der Waals surface area contributed by atoms with E-state index in [0.29, 0.717) is 11.1 Å². The highest BCUT2D eigenvalue weighted by Gasteiger charge is 2.46. The fourth-order valence-electron chi connectivity index (χ4n) is 3.18. The highest BCUT2D eigenvalue weighted by Crippen LogP contribution is 2.41. The Bertz CT molecular complexity index is 906. The van der Waals surface area contributed by atoms with E-state index in [1.807, 2.05) is 0 Å². The maximum Gasteiger partial charge on any atom is 0.295 e. The van der Waals surface area contributed by atoms with Crippen LogP contribution in [0.5, 0.6) is 11.5 Å². The molecular weight excluding hydrogens is 350 g/mol. The van der Waals surface area contributed by atoms with Crippen LogP contribution in [0.4, 0.5) is 0 Å². The number of hydrogen-bond acceptors (Lipinski definition) is 6. The summed E-state index contributed by atoms with van der Waals surface area (Å²) in [5.41, 5.74) is 0.789. The lowest BCUT2D eigenvalue weighted by Crippen LogP contribution is -2.32. The Morgan fingerprint density at radius 1 is 1.15 bits per heavy atom. The Morgan fingerprint density at radius 3 is 2.48 bits per heavy atom. The predicted octanol–water partition coefficient (Wildman–Crippen LogP) is 1.81. The number of benzene rings is 2. The van der Waals surface area contributed by atoms with Gasteiger partial charge in [0, 0.05) is 12.1 Å². The molecule has 0 bridgehead atoms. The van der Waals surface area contributed by atoms with Gasteiger partial charge in [-0.2, -0.15) is 0 Å². The number of nitrogens with zero attached hydrogens (tertiary/aromatic N) is 1. The number of ketones is 1. The first-order valence-corrected chi connectivity index (χ1v) is 8.31. The molecule has 27 heavy (non-hydrogen) atoms. The van der Waals surface area contributed by atoms with E-state index in [0.717, 1.165) is 0 Å². The van der Waals surface area contributed by atoms with Gasteiger partial charge < -0.3 is 25.0 Å². The van der Waals surface area contributed by atoms with E-state index in [1.54, 1.807) is 30.3 Å². The summed E-state index contributed by atoms with van der Waals surface area (Å²) < 4.78 is 5.11. The molecule has 1 fully saturated rings. The molecule has 1 amide bonds. The number of aliphatic hydroxyl groups is 2. The quantitative estimate of drug-likeness (QED) is 0.422. The zero-order valence-corrected chi connectivity index (χ0v) is 14.6. The van der Waals surface area contributed by atoms with Gasteiger partial charge in [-0.15, -0.1) is 0 Å². The van der Waals surface area contributed by atoms with Crippen LogP contribution in [0, 0.1) is 0 Å². The van der Waals surface area contributed by atoms with E-state index < -0.39 is 17.7 Å². The third-order valence-electron chi connectivity index (χ3n) is 4.45. The normalized spacial score (nSPS) is 18.7. The van der Waals surface area contributed by atoms with Crippen molar-refractivity contribution in [1.29, 1.82) is 0 Å². The molecule has 1 unspecified atom stereocenters. The maximum atomic E-state index is 12.6. The topological polar surface area (TPSA) is 107 Å². The van der Waals surface area contributed by atoms with Gasteiger partial charge >= 0.3 is 0 Å². The molecule has 7 heteroatoms. The number of rotatable bonds is 5. The molecule has 2 aromatic carbocycles. The lowest BCUT2D eigenvalue weighted by atomic mass is 9.95. The molecule has 1 atom stereocenters. The van der Waals surface area contributed by atoms with Crippen LogP contribution in [0.3, 0.4) is 0 Å². The summed E-state index contributed by atoms with van der Waals surface area (Å²) in [6.45, 7) is -0.423. The largest absolute Gasteiger partial charge is 0.507 e. The minimum Gasteiger partial charge on any atom is -0.507 e. The second kappa shape index (κ2) is 7.51. The van der Waals surface area contributed by atoms with Gasteiger partial charge in [-0.1, -0.05) is 36.4 Å². The van der Waals surface area contributed by atoms with Crippen molar-refractivity contribution in [3.8, 4) is 11.5 Å². The Labute approximate surface area is 155 Å². The van der Waals surface area contributed by atoms with E-state index >= 15 is 0 Å². The van der Waals surface area contributed by atoms with E-state index in [2.05, 4.69) is 0 Å². The fraction of sp³-hybridized carbons (Fsp3) is 0.200. The second-order valence-corrected chi connectivity index (χ2v) is 6.01. The molecule has 2 aromatic rings. The van der Waals surface area contributed by atoms with Gasteiger partial charge in [0.05, 0.1) is 25.3 Å². The number of phenolic OH excluding ortho intramolecular Hbond substituents is 1. The fourth-order valence-corrected chi connectivity index (χ4v) is 3.18. The van der Waals surface area contributed by atoms with Crippen LogP contribution in [0.25, 0.3) is 5.76 Å². The molecule has 0 aliphatic carbocycles. The van der Waals surface area contributed by atoms with Gasteiger partial charge in [0.1, 0.15) is 5.76 Å². The molecule has 7 nitrogen and oxygen atoms in total. The summed E-state index contributed by atoms with van der Waals surface area (Å²) in [6, 6.07) is 11.9. The summed E-state index contributed by atoms with van der Waals surface area (Å²) in [4.78, 5) is 26.3. The van der Waals surface area contributed by atoms with E-state index in [4.69, 9.17) is 4.74 Å². The molecule has 140 valence electrons. The SMILES string of the molecule is COc1cc(C2C(=C(O)c3ccccc3)C(=O)C(=O)N2CCO)ccc1O. The number of carbonyl (C=O) groups is 2. The van der Waals surface area contributed by atoms with Gasteiger partial charge in [-0.25, -0.2) is 0 Å². The first-order chi connectivity index (χ1) is 13.0. The molecule has 1 aliphatic heterocycles. The summed E-state index contributed by atoms with van der Waals surface area (Å²) in [5.74, 6) is -1.86. The van der Waals surface area contributed by atoms with Crippen molar-refractivity contribution in [3.63, 3.8) is 0 Å². The summed E-state index contributed by atoms with van der Waals surface area (Å²) in [7, 11) is 1.38. The van der Waals surface area contributed by atoms with Crippen LogP contribution in [-0.2, 0) is 9.59 Å². The number of β-amino-alcohol motifs (C(OH)–C–C–N with tert-alkyl or cyclic N) is 1. The van der Waals surface area contributed by atoms with Crippen LogP contribution >= 0.6 is 0 Å². The standard InChI is InChI=1S/C20H19NO6/c1-27-15-11-13(7-8-14(15)23)17-16(18(24)12-5-3-2-4-6-12)19(25)20(26)21(17)9-10-22/h2-8,11,17,22-24H,9-10H2,1H3. The van der Waals surface area contributed by atoms with Crippen molar-refractivity contribution in [2.45, 2.75) is 6.04 Å². The van der Waals surface area contributed by atoms with E-state index in [1.165, 1.54) is 30.2 Å². The number of aromatic hydroxyl groups is 1. The van der Waals surface area contributed by atoms with Crippen molar-refractivity contribution < 1.29 is 29.6 Å². The summed E-state index contributed by atoms with van der Waals surface area (Å²) >= 11 is 0. The van der Waals surface area contributed by atoms with Crippen molar-refractivity contribution in [2.24, 2.45) is 0 Å². The van der Waals surface area contributed by atoms with Crippen molar-refractivity contribution in [2.75, 3.05) is 20.3 Å². The minimum atomic E-state index is -0.910. The first kappa shape index (κ1) is 18.5. The molecule has 3 N–H and O–H groups in total. The Balaban J connectivity index is 2.21. The van der Waals surface area contributed by atoms with Crippen LogP contribution in [0.1, 0.15) is 17.2 Å². The Kier molecular flexibility index (Phi) is 5.14. The molecule has 1 saturated heterocycles. The van der Waals surface area contributed by atoms with Gasteiger partial charge in [0.25, 0.3) is 11.7 Å². The van der Waals surface area contributed by atoms with Crippen LogP contribution in [0.15, 0.2) is 54.1 Å². The molecular formula is C20H19NO6. The average molecular weight is 369 g/mol. The van der Waals surface area contributed by atoms with Gasteiger partial charge in [-0.3, -0.25) is 9.59 Å². The lowest BCUT2D eigenvalue weighted by molar-refractivity contribution is -0.140. The summed E-state index contributed by atoms with van der Waals surface area (Å²) in [5, 5.41) is 29.9. The Hall–Kier alpha value is -3.32. The molecule has 0 spiro atoms. The zero-order valence-electron chi connectivity index (χ0n) is 14.6. The highest BCUT2D eigenvalue weighted by atomic mass is 16.5. The number of phenols is 1. The molecule has 3 rings (SSSR count). The molecule has 0 saturated carbocycles. The van der Waals surface area contributed by atoms with Crippen LogP contribution in [0.2, 0.25) is 0 Å². The van der Waals surface area contributed by atoms with Crippen LogP contribution in [-0.4, -0.2) is 52.2 Å². The number of likely N-dealkylation sites (tertiary alicyclic amines) is 1. The monoisotopic (exact) mass is 369 g/mol. The first-order valence-electron chi connectivity index (χ1n) is 8.31.